The van der Waals surface area contributed by atoms with E-state index in [-0.39, 0.29) is 25.0 Å². The fourth-order valence-electron chi connectivity index (χ4n) is 8.69. The van der Waals surface area contributed by atoms with Crippen molar-refractivity contribution in [1.29, 1.82) is 0 Å². The first-order valence-electron chi connectivity index (χ1n) is 24.1. The van der Waals surface area contributed by atoms with Crippen LogP contribution in [0.1, 0.15) is 81.3 Å². The molecule has 0 spiro atoms. The Morgan fingerprint density at radius 2 is 0.675 bits per heavy atom. The molecule has 0 aliphatic heterocycles. The lowest BCUT2D eigenvalue weighted by Gasteiger charge is -2.37. The lowest BCUT2D eigenvalue weighted by Crippen LogP contribution is -2.56. The molecule has 2 amide bonds. The molecule has 0 aliphatic carbocycles. The summed E-state index contributed by atoms with van der Waals surface area (Å²) in [5.41, 5.74) is -6.77. The minimum Gasteiger partial charge on any atom is -0.426 e. The van der Waals surface area contributed by atoms with Crippen LogP contribution in [-0.2, 0) is 76.0 Å². The lowest BCUT2D eigenvalue weighted by molar-refractivity contribution is -0.214. The van der Waals surface area contributed by atoms with Crippen LogP contribution in [0.2, 0.25) is 0 Å². The minimum absolute atomic E-state index is 0.131. The molecule has 0 radical (unpaired) electrons. The summed E-state index contributed by atoms with van der Waals surface area (Å²) in [5.74, 6) is -6.17. The second-order valence-electron chi connectivity index (χ2n) is 18.0. The van der Waals surface area contributed by atoms with Gasteiger partial charge in [0, 0.05) is 11.8 Å². The summed E-state index contributed by atoms with van der Waals surface area (Å²) >= 11 is 0. The highest BCUT2D eigenvalue weighted by Crippen LogP contribution is 2.40. The molecule has 6 rings (SSSR count). The summed E-state index contributed by atoms with van der Waals surface area (Å²) in [7, 11) is 0. The molecule has 80 heavy (non-hydrogen) atoms. The molecule has 6 aromatic rings. The molecule has 4 N–H and O–H groups in total. The second-order valence-corrected chi connectivity index (χ2v) is 18.0. The fourth-order valence-corrected chi connectivity index (χ4v) is 8.69. The molecule has 6 unspecified atom stereocenters. The van der Waals surface area contributed by atoms with Crippen LogP contribution in [0.4, 0.5) is 52.7 Å². The van der Waals surface area contributed by atoms with Gasteiger partial charge >= 0.3 is 36.6 Å². The largest absolute Gasteiger partial charge is 0.426 e. The van der Waals surface area contributed by atoms with Gasteiger partial charge in [0.05, 0.1) is 59.9 Å². The van der Waals surface area contributed by atoms with E-state index in [1.807, 2.05) is 0 Å². The molecule has 0 bridgehead atoms. The zero-order chi connectivity index (χ0) is 58.4. The van der Waals surface area contributed by atoms with E-state index in [2.05, 4.69) is 21.3 Å². The Labute approximate surface area is 449 Å². The molecular formula is C56H50F12N4O8. The SMILES string of the molecule is CC(NC=O)NC(C(OCc1cc(C(F)(F)F)cc(C(F)(F)F)c1)OC(=O)C(=O)OC(OCc1cc(C(F)(F)F)cc(C(F)(F)F)c1)C(NC(C)NC=O)C(c1ccccc1)c1ccccc1)C(c1ccccc1)c1ccccc1. The Kier molecular flexibility index (Phi) is 20.7. The first-order chi connectivity index (χ1) is 37.8. The van der Waals surface area contributed by atoms with Crippen LogP contribution in [0, 0.1) is 0 Å². The molecule has 6 atom stereocenters. The van der Waals surface area contributed by atoms with Gasteiger partial charge in [-0.2, -0.15) is 52.7 Å². The Morgan fingerprint density at radius 3 is 0.900 bits per heavy atom. The Morgan fingerprint density at radius 1 is 0.425 bits per heavy atom. The molecule has 0 saturated heterocycles. The van der Waals surface area contributed by atoms with Crippen LogP contribution in [-0.4, -0.2) is 61.8 Å². The zero-order valence-corrected chi connectivity index (χ0v) is 42.0. The summed E-state index contributed by atoms with van der Waals surface area (Å²) in [5, 5.41) is 10.9. The van der Waals surface area contributed by atoms with Crippen LogP contribution < -0.4 is 21.3 Å². The van der Waals surface area contributed by atoms with E-state index in [1.54, 1.807) is 121 Å². The zero-order valence-electron chi connectivity index (χ0n) is 42.0. The minimum atomic E-state index is -5.31. The topological polar surface area (TPSA) is 153 Å². The van der Waals surface area contributed by atoms with Crippen molar-refractivity contribution in [2.75, 3.05) is 0 Å². The fraction of sp³-hybridized carbons (Fsp3) is 0.286. The molecule has 24 heteroatoms. The van der Waals surface area contributed by atoms with Crippen molar-refractivity contribution in [2.45, 2.75) is 101 Å². The third-order valence-electron chi connectivity index (χ3n) is 12.2. The number of rotatable bonds is 24. The molecule has 426 valence electrons. The highest BCUT2D eigenvalue weighted by atomic mass is 19.4. The van der Waals surface area contributed by atoms with Crippen molar-refractivity contribution in [3.63, 3.8) is 0 Å². The van der Waals surface area contributed by atoms with Crippen molar-refractivity contribution in [3.8, 4) is 0 Å². The predicted octanol–water partition coefficient (Wildman–Crippen LogP) is 11.0. The number of hydrogen-bond donors (Lipinski definition) is 4. The van der Waals surface area contributed by atoms with Gasteiger partial charge < -0.3 is 29.6 Å². The third-order valence-corrected chi connectivity index (χ3v) is 12.2. The number of benzene rings is 6. The van der Waals surface area contributed by atoms with Gasteiger partial charge in [-0.3, -0.25) is 20.2 Å². The van der Waals surface area contributed by atoms with Gasteiger partial charge in [0.25, 0.3) is 0 Å². The van der Waals surface area contributed by atoms with E-state index in [0.717, 1.165) is 0 Å². The second kappa shape index (κ2) is 26.9. The van der Waals surface area contributed by atoms with E-state index in [9.17, 15) is 71.9 Å². The van der Waals surface area contributed by atoms with Gasteiger partial charge in [0.15, 0.2) is 0 Å². The van der Waals surface area contributed by atoms with Crippen molar-refractivity contribution in [3.05, 3.63) is 213 Å². The Balaban J connectivity index is 1.51. The van der Waals surface area contributed by atoms with E-state index in [0.29, 0.717) is 46.5 Å². The average molecular weight is 1140 g/mol. The van der Waals surface area contributed by atoms with E-state index in [1.165, 1.54) is 13.8 Å². The first-order valence-corrected chi connectivity index (χ1v) is 24.1. The smallest absolute Gasteiger partial charge is 0.419 e. The van der Waals surface area contributed by atoms with Gasteiger partial charge in [-0.25, -0.2) is 9.59 Å². The van der Waals surface area contributed by atoms with Crippen molar-refractivity contribution >= 4 is 24.8 Å². The molecular weight excluding hydrogens is 1080 g/mol. The predicted molar refractivity (Wildman–Crippen MR) is 263 cm³/mol. The summed E-state index contributed by atoms with van der Waals surface area (Å²) in [6.07, 6.45) is -27.5. The number of alkyl halides is 12. The summed E-state index contributed by atoms with van der Waals surface area (Å²) in [6, 6.07) is 30.2. The van der Waals surface area contributed by atoms with Gasteiger partial charge in [0.1, 0.15) is 0 Å². The standard InChI is InChI=1S/C56H50F12N4O8/c1-33(69-31-73)71-47(45(37-15-7-3-8-16-37)38-17-9-4-10-18-38)51(77-29-35-23-41(53(57,58)59)27-42(24-35)54(60,61)62)79-49(75)50(76)80-52(78-30-36-25-43(55(63,64)65)28-44(26-36)56(66,67)68)48(72-34(2)70-32-74)46(39-19-11-5-12-20-39)40-21-13-6-14-22-40/h3-28,31-34,45-48,51-52,71-72H,29-30H2,1-2H3,(H,69,73)(H,70,74). The van der Waals surface area contributed by atoms with E-state index < -0.39 is 132 Å². The van der Waals surface area contributed by atoms with Crippen LogP contribution >= 0.6 is 0 Å². The highest BCUT2D eigenvalue weighted by Gasteiger charge is 2.43. The van der Waals surface area contributed by atoms with Gasteiger partial charge in [-0.1, -0.05) is 121 Å². The Bertz CT molecular complexity index is 2630. The van der Waals surface area contributed by atoms with Crippen molar-refractivity contribution in [1.82, 2.24) is 21.3 Å². The summed E-state index contributed by atoms with van der Waals surface area (Å²) < 4.78 is 193. The van der Waals surface area contributed by atoms with E-state index >= 15 is 0 Å². The maximum absolute atomic E-state index is 14.6. The maximum atomic E-state index is 14.6. The van der Waals surface area contributed by atoms with Crippen LogP contribution in [0.25, 0.3) is 0 Å². The van der Waals surface area contributed by atoms with Crippen LogP contribution in [0.15, 0.2) is 158 Å². The number of carbonyl (C=O) groups is 4. The first kappa shape index (κ1) is 61.4. The van der Waals surface area contributed by atoms with Crippen molar-refractivity contribution in [2.24, 2.45) is 0 Å². The summed E-state index contributed by atoms with van der Waals surface area (Å²) in [4.78, 5) is 52.7. The molecule has 0 heterocycles. The molecule has 0 aromatic heterocycles. The monoisotopic (exact) mass is 1130 g/mol. The molecule has 0 fully saturated rings. The average Bonchev–Trinajstić information content (AvgIpc) is 3.43. The van der Waals surface area contributed by atoms with Gasteiger partial charge in [0.2, 0.25) is 25.4 Å². The maximum Gasteiger partial charge on any atom is 0.419 e. The van der Waals surface area contributed by atoms with Crippen LogP contribution in [0.5, 0.6) is 0 Å². The number of esters is 2. The third kappa shape index (κ3) is 17.1. The molecule has 12 nitrogen and oxygen atoms in total. The highest BCUT2D eigenvalue weighted by molar-refractivity contribution is 6.29. The van der Waals surface area contributed by atoms with Gasteiger partial charge in [-0.15, -0.1) is 0 Å². The number of ether oxygens (including phenoxy) is 4. The molecule has 6 aromatic carbocycles. The number of halogens is 12. The Hall–Kier alpha value is -7.80. The summed E-state index contributed by atoms with van der Waals surface area (Å²) in [6.45, 7) is 0.432. The van der Waals surface area contributed by atoms with Crippen molar-refractivity contribution < 1.29 is 90.8 Å². The number of nitrogens with one attached hydrogen (secondary N) is 4. The molecule has 0 aliphatic rings. The van der Waals surface area contributed by atoms with Crippen LogP contribution in [0.3, 0.4) is 0 Å². The molecule has 0 saturated carbocycles. The number of amides is 2. The number of carbonyl (C=O) groups excluding carboxylic acids is 4. The lowest BCUT2D eigenvalue weighted by atomic mass is 9.84. The number of hydrogen-bond acceptors (Lipinski definition) is 10. The van der Waals surface area contributed by atoms with Gasteiger partial charge in [-0.05, 0) is 83.6 Å². The quantitative estimate of drug-likeness (QED) is 0.0151. The normalized spacial score (nSPS) is 14.6. The van der Waals surface area contributed by atoms with E-state index in [4.69, 9.17) is 18.9 Å².